The maximum atomic E-state index is 8.56. The van der Waals surface area contributed by atoms with E-state index in [1.807, 2.05) is 12.5 Å². The molecule has 0 amide bonds. The first-order valence-electron chi connectivity index (χ1n) is 7.60. The Bertz CT molecular complexity index is 734. The second-order valence-electron chi connectivity index (χ2n) is 5.48. The molecule has 0 radical (unpaired) electrons. The Morgan fingerprint density at radius 2 is 2.21 bits per heavy atom. The molecule has 1 N–H and O–H groups in total. The molecule has 0 aliphatic rings. The van der Waals surface area contributed by atoms with Gasteiger partial charge in [0.2, 0.25) is 6.19 Å². The predicted molar refractivity (Wildman–Crippen MR) is 104 cm³/mol. The highest BCUT2D eigenvalue weighted by Gasteiger charge is 2.10. The standard InChI is InChI=1S/C17H22N4OS2/c1-21(2)9-13-5-4-6-14-15(13)10-22-16(14)11-24-8-7-19-17(23-3)20-12-18/h4-6,10H,7-9,11H2,1-3H3,(H,19,20). The minimum Gasteiger partial charge on any atom is -0.467 e. The zero-order valence-corrected chi connectivity index (χ0v) is 15.8. The van der Waals surface area contributed by atoms with Gasteiger partial charge in [-0.2, -0.15) is 17.0 Å². The quantitative estimate of drug-likeness (QED) is 0.352. The Morgan fingerprint density at radius 3 is 2.92 bits per heavy atom. The van der Waals surface area contributed by atoms with Crippen LogP contribution in [0.25, 0.3) is 10.8 Å². The molecule has 0 unspecified atom stereocenters. The number of hydrogen-bond acceptors (Lipinski definition) is 6. The van der Waals surface area contributed by atoms with Crippen LogP contribution in [0.5, 0.6) is 0 Å². The normalized spacial score (nSPS) is 11.9. The summed E-state index contributed by atoms with van der Waals surface area (Å²) in [4.78, 5) is 5.87. The van der Waals surface area contributed by atoms with Crippen molar-refractivity contribution in [3.63, 3.8) is 0 Å². The lowest BCUT2D eigenvalue weighted by molar-refractivity contribution is 0.404. The van der Waals surface area contributed by atoms with E-state index in [2.05, 4.69) is 47.5 Å². The summed E-state index contributed by atoms with van der Waals surface area (Å²) in [6.45, 7) is 1.68. The van der Waals surface area contributed by atoms with Gasteiger partial charge in [-0.05, 0) is 25.9 Å². The van der Waals surface area contributed by atoms with E-state index < -0.39 is 0 Å². The number of furan rings is 1. The van der Waals surface area contributed by atoms with E-state index in [0.29, 0.717) is 5.17 Å². The van der Waals surface area contributed by atoms with Crippen LogP contribution in [0.4, 0.5) is 0 Å². The van der Waals surface area contributed by atoms with Crippen LogP contribution in [0, 0.1) is 11.5 Å². The maximum Gasteiger partial charge on any atom is 0.208 e. The van der Waals surface area contributed by atoms with Gasteiger partial charge < -0.3 is 14.6 Å². The van der Waals surface area contributed by atoms with Gasteiger partial charge in [-0.25, -0.2) is 0 Å². The number of nitrogens with zero attached hydrogens (tertiary/aromatic N) is 3. The molecule has 1 aromatic carbocycles. The highest BCUT2D eigenvalue weighted by molar-refractivity contribution is 8.13. The molecule has 0 spiro atoms. The Hall–Kier alpha value is -1.62. The van der Waals surface area contributed by atoms with Gasteiger partial charge in [-0.1, -0.05) is 30.0 Å². The Balaban J connectivity index is 1.90. The van der Waals surface area contributed by atoms with Crippen molar-refractivity contribution in [1.29, 1.82) is 5.26 Å². The number of hydrogen-bond donors (Lipinski definition) is 1. The van der Waals surface area contributed by atoms with Crippen LogP contribution in [0.3, 0.4) is 0 Å². The molecule has 5 nitrogen and oxygen atoms in total. The van der Waals surface area contributed by atoms with E-state index in [1.165, 1.54) is 28.1 Å². The third kappa shape index (κ3) is 5.20. The smallest absolute Gasteiger partial charge is 0.208 e. The van der Waals surface area contributed by atoms with Gasteiger partial charge in [-0.15, -0.1) is 4.99 Å². The fraction of sp³-hybridized carbons (Fsp3) is 0.412. The fourth-order valence-corrected chi connectivity index (χ4v) is 3.56. The van der Waals surface area contributed by atoms with Crippen molar-refractivity contribution in [2.75, 3.05) is 32.6 Å². The lowest BCUT2D eigenvalue weighted by Crippen LogP contribution is -2.22. The van der Waals surface area contributed by atoms with Crippen molar-refractivity contribution in [3.8, 4) is 6.19 Å². The monoisotopic (exact) mass is 362 g/mol. The summed E-state index contributed by atoms with van der Waals surface area (Å²) in [5.74, 6) is 2.77. The highest BCUT2D eigenvalue weighted by atomic mass is 32.2. The van der Waals surface area contributed by atoms with E-state index in [4.69, 9.17) is 9.68 Å². The molecular formula is C17H22N4OS2. The average Bonchev–Trinajstić information content (AvgIpc) is 2.97. The topological polar surface area (TPSA) is 64.6 Å². The zero-order valence-electron chi connectivity index (χ0n) is 14.2. The van der Waals surface area contributed by atoms with Gasteiger partial charge in [0.05, 0.1) is 12.0 Å². The van der Waals surface area contributed by atoms with Crippen molar-refractivity contribution >= 4 is 39.5 Å². The van der Waals surface area contributed by atoms with Crippen LogP contribution in [0.2, 0.25) is 0 Å². The number of nitrogens with one attached hydrogen (secondary N) is 1. The molecule has 0 fully saturated rings. The summed E-state index contributed by atoms with van der Waals surface area (Å²) in [5.41, 5.74) is 1.29. The van der Waals surface area contributed by atoms with E-state index >= 15 is 0 Å². The summed E-state index contributed by atoms with van der Waals surface area (Å²) in [6.07, 6.45) is 5.57. The SMILES string of the molecule is CSC(=NC#N)NCCSCc1occ2c(CN(C)C)cccc12. The Morgan fingerprint density at radius 1 is 1.38 bits per heavy atom. The molecular weight excluding hydrogens is 340 g/mol. The van der Waals surface area contributed by atoms with Crippen molar-refractivity contribution in [1.82, 2.24) is 10.2 Å². The molecule has 2 aromatic rings. The second kappa shape index (κ2) is 9.62. The van der Waals surface area contributed by atoms with Gasteiger partial charge >= 0.3 is 0 Å². The number of amidine groups is 1. The third-order valence-corrected chi connectivity index (χ3v) is 4.98. The van der Waals surface area contributed by atoms with Crippen molar-refractivity contribution in [3.05, 3.63) is 35.8 Å². The Labute approximate surface area is 151 Å². The first kappa shape index (κ1) is 18.7. The number of fused-ring (bicyclic) bond motifs is 1. The molecule has 1 aromatic heterocycles. The molecule has 0 atom stereocenters. The summed E-state index contributed by atoms with van der Waals surface area (Å²) in [7, 11) is 4.14. The van der Waals surface area contributed by atoms with Crippen molar-refractivity contribution in [2.45, 2.75) is 12.3 Å². The number of rotatable bonds is 7. The summed E-state index contributed by atoms with van der Waals surface area (Å²) in [6, 6.07) is 6.37. The molecule has 0 saturated heterocycles. The van der Waals surface area contributed by atoms with Crippen LogP contribution < -0.4 is 5.32 Å². The van der Waals surface area contributed by atoms with Crippen LogP contribution >= 0.6 is 23.5 Å². The van der Waals surface area contributed by atoms with Crippen molar-refractivity contribution < 1.29 is 4.42 Å². The lowest BCUT2D eigenvalue weighted by atomic mass is 10.1. The molecule has 0 saturated carbocycles. The van der Waals surface area contributed by atoms with E-state index in [1.54, 1.807) is 18.0 Å². The van der Waals surface area contributed by atoms with Gasteiger partial charge in [0.25, 0.3) is 0 Å². The first-order chi connectivity index (χ1) is 11.7. The molecule has 128 valence electrons. The number of nitriles is 1. The fourth-order valence-electron chi connectivity index (χ4n) is 2.38. The highest BCUT2D eigenvalue weighted by Crippen LogP contribution is 2.27. The average molecular weight is 363 g/mol. The first-order valence-corrected chi connectivity index (χ1v) is 9.98. The minimum atomic E-state index is 0.662. The number of benzene rings is 1. The molecule has 0 aliphatic carbocycles. The van der Waals surface area contributed by atoms with Gasteiger partial charge in [0.1, 0.15) is 5.76 Å². The second-order valence-corrected chi connectivity index (χ2v) is 7.38. The van der Waals surface area contributed by atoms with Gasteiger partial charge in [-0.3, -0.25) is 0 Å². The van der Waals surface area contributed by atoms with E-state index in [9.17, 15) is 0 Å². The van der Waals surface area contributed by atoms with E-state index in [-0.39, 0.29) is 0 Å². The molecule has 7 heteroatoms. The summed E-state index contributed by atoms with van der Waals surface area (Å²) < 4.78 is 5.79. The molecule has 0 aliphatic heterocycles. The largest absolute Gasteiger partial charge is 0.467 e. The van der Waals surface area contributed by atoms with Gasteiger partial charge in [0.15, 0.2) is 5.17 Å². The van der Waals surface area contributed by atoms with Crippen LogP contribution in [0.1, 0.15) is 11.3 Å². The number of aliphatic imine (C=N–C) groups is 1. The lowest BCUT2D eigenvalue weighted by Gasteiger charge is -2.10. The van der Waals surface area contributed by atoms with Crippen LogP contribution in [-0.4, -0.2) is 42.7 Å². The number of thioether (sulfide) groups is 2. The summed E-state index contributed by atoms with van der Waals surface area (Å²) >= 11 is 3.25. The minimum absolute atomic E-state index is 0.662. The molecule has 0 bridgehead atoms. The van der Waals surface area contributed by atoms with E-state index in [0.717, 1.165) is 30.4 Å². The Kier molecular flexibility index (Phi) is 7.50. The van der Waals surface area contributed by atoms with Crippen molar-refractivity contribution in [2.24, 2.45) is 4.99 Å². The van der Waals surface area contributed by atoms with Crippen LogP contribution in [0.15, 0.2) is 33.9 Å². The third-order valence-electron chi connectivity index (χ3n) is 3.40. The van der Waals surface area contributed by atoms with Gasteiger partial charge in [0, 0.05) is 29.6 Å². The maximum absolute atomic E-state index is 8.56. The molecule has 1 heterocycles. The molecule has 24 heavy (non-hydrogen) atoms. The zero-order chi connectivity index (χ0) is 17.4. The predicted octanol–water partition coefficient (Wildman–Crippen LogP) is 3.52. The summed E-state index contributed by atoms with van der Waals surface area (Å²) in [5, 5.41) is 14.8. The van der Waals surface area contributed by atoms with Crippen LogP contribution in [-0.2, 0) is 12.3 Å². The molecule has 2 rings (SSSR count).